The van der Waals surface area contributed by atoms with Crippen molar-refractivity contribution in [1.29, 1.82) is 0 Å². The lowest BCUT2D eigenvalue weighted by atomic mass is 9.92. The summed E-state index contributed by atoms with van der Waals surface area (Å²) in [5, 5.41) is 12.5. The molecule has 8 nitrogen and oxygen atoms in total. The zero-order chi connectivity index (χ0) is 39.3. The van der Waals surface area contributed by atoms with E-state index in [0.717, 1.165) is 62.3 Å². The summed E-state index contributed by atoms with van der Waals surface area (Å²) < 4.78 is 0. The maximum Gasteiger partial charge on any atom is 0.254 e. The van der Waals surface area contributed by atoms with Gasteiger partial charge in [0.2, 0.25) is 5.91 Å². The number of hydrogen-bond acceptors (Lipinski definition) is 6. The lowest BCUT2D eigenvalue weighted by Gasteiger charge is -2.42. The first-order valence-corrected chi connectivity index (χ1v) is 21.1. The van der Waals surface area contributed by atoms with Crippen molar-refractivity contribution in [2.45, 2.75) is 50.9 Å². The molecule has 296 valence electrons. The van der Waals surface area contributed by atoms with E-state index in [1.54, 1.807) is 6.07 Å². The number of carbonyl (C=O) groups is 2. The van der Waals surface area contributed by atoms with Gasteiger partial charge in [-0.1, -0.05) is 106 Å². The van der Waals surface area contributed by atoms with Gasteiger partial charge >= 0.3 is 0 Å². The fourth-order valence-electron chi connectivity index (χ4n) is 8.76. The summed E-state index contributed by atoms with van der Waals surface area (Å²) in [5.41, 5.74) is 6.25. The molecule has 12 heteroatoms. The lowest BCUT2D eigenvalue weighted by Crippen LogP contribution is -2.55. The topological polar surface area (TPSA) is 80.0 Å². The maximum absolute atomic E-state index is 13.7. The second-order valence-electron chi connectivity index (χ2n) is 15.6. The molecule has 4 aromatic rings. The number of benzene rings is 4. The fourth-order valence-corrected chi connectivity index (χ4v) is 9.37. The molecule has 4 aliphatic heterocycles. The summed E-state index contributed by atoms with van der Waals surface area (Å²) in [6, 6.07) is 28.8. The van der Waals surface area contributed by atoms with Crippen LogP contribution in [-0.2, 0) is 11.2 Å². The molecule has 4 aliphatic rings. The lowest BCUT2D eigenvalue weighted by molar-refractivity contribution is -0.135. The smallest absolute Gasteiger partial charge is 0.254 e. The van der Waals surface area contributed by atoms with Crippen molar-refractivity contribution in [2.75, 3.05) is 58.9 Å². The Bertz CT molecular complexity index is 1990. The quantitative estimate of drug-likeness (QED) is 0.169. The predicted octanol–water partition coefficient (Wildman–Crippen LogP) is 7.77. The third-order valence-electron chi connectivity index (χ3n) is 11.6. The van der Waals surface area contributed by atoms with Gasteiger partial charge in [-0.25, -0.2) is 0 Å². The third kappa shape index (κ3) is 9.91. The number of amides is 2. The Balaban J connectivity index is 0.000000288. The molecule has 0 saturated carbocycles. The Morgan fingerprint density at radius 1 is 0.768 bits per heavy atom. The van der Waals surface area contributed by atoms with Crippen LogP contribution in [0.1, 0.15) is 56.7 Å². The summed E-state index contributed by atoms with van der Waals surface area (Å²) >= 11 is 24.4. The Kier molecular flexibility index (Phi) is 13.6. The minimum absolute atomic E-state index is 0.0156. The molecule has 3 N–H and O–H groups in total. The van der Waals surface area contributed by atoms with Gasteiger partial charge in [-0.05, 0) is 85.7 Å². The number of nitrogens with one attached hydrogen (secondary N) is 3. The van der Waals surface area contributed by atoms with Crippen LogP contribution in [0.3, 0.4) is 0 Å². The molecule has 4 aromatic carbocycles. The molecule has 0 radical (unpaired) electrons. The monoisotopic (exact) mass is 834 g/mol. The number of fused-ring (bicyclic) bond motifs is 2. The number of piperidine rings is 1. The van der Waals surface area contributed by atoms with Crippen LogP contribution < -0.4 is 16.0 Å². The first kappa shape index (κ1) is 41.0. The maximum atomic E-state index is 13.7. The highest BCUT2D eigenvalue weighted by Gasteiger charge is 2.44. The molecule has 2 amide bonds. The summed E-state index contributed by atoms with van der Waals surface area (Å²) in [5.74, 6) is 0.589. The van der Waals surface area contributed by atoms with E-state index in [9.17, 15) is 9.59 Å². The molecule has 0 aromatic heterocycles. The number of aryl methyl sites for hydroxylation is 2. The Morgan fingerprint density at radius 2 is 1.46 bits per heavy atom. The van der Waals surface area contributed by atoms with Crippen molar-refractivity contribution in [2.24, 2.45) is 5.92 Å². The summed E-state index contributed by atoms with van der Waals surface area (Å²) in [6.45, 7) is 10.7. The van der Waals surface area contributed by atoms with Crippen LogP contribution in [-0.4, -0.2) is 97.5 Å². The molecule has 8 rings (SSSR count). The van der Waals surface area contributed by atoms with Crippen molar-refractivity contribution in [3.8, 4) is 0 Å². The minimum Gasteiger partial charge on any atom is -0.334 e. The Morgan fingerprint density at radius 3 is 2.11 bits per heavy atom. The summed E-state index contributed by atoms with van der Waals surface area (Å²) in [7, 11) is 0. The molecule has 56 heavy (non-hydrogen) atoms. The molecule has 4 fully saturated rings. The Labute approximate surface area is 350 Å². The van der Waals surface area contributed by atoms with Gasteiger partial charge in [0.1, 0.15) is 0 Å². The molecule has 5 unspecified atom stereocenters. The van der Waals surface area contributed by atoms with Crippen LogP contribution in [0.25, 0.3) is 0 Å². The van der Waals surface area contributed by atoms with Gasteiger partial charge in [-0.15, -0.1) is 0 Å². The zero-order valence-electron chi connectivity index (χ0n) is 31.9. The molecule has 0 spiro atoms. The van der Waals surface area contributed by atoms with E-state index in [1.807, 2.05) is 66.1 Å². The average Bonchev–Trinajstić information content (AvgIpc) is 3.79. The first-order valence-electron chi connectivity index (χ1n) is 19.5. The third-order valence-corrected chi connectivity index (χ3v) is 13.0. The molecule has 2 bridgehead atoms. The van der Waals surface area contributed by atoms with E-state index in [4.69, 9.17) is 46.4 Å². The van der Waals surface area contributed by atoms with Crippen molar-refractivity contribution >= 4 is 58.2 Å². The summed E-state index contributed by atoms with van der Waals surface area (Å²) in [6.07, 6.45) is 2.24. The molecule has 4 saturated heterocycles. The highest BCUT2D eigenvalue weighted by Crippen LogP contribution is 2.36. The number of halogens is 4. The molecular weight excluding hydrogens is 786 g/mol. The van der Waals surface area contributed by atoms with E-state index < -0.39 is 0 Å². The van der Waals surface area contributed by atoms with E-state index in [2.05, 4.69) is 57.2 Å². The second-order valence-corrected chi connectivity index (χ2v) is 17.2. The number of carbonyl (C=O) groups excluding carboxylic acids is 2. The summed E-state index contributed by atoms with van der Waals surface area (Å²) in [4.78, 5) is 33.6. The van der Waals surface area contributed by atoms with Crippen LogP contribution in [0, 0.1) is 19.8 Å². The van der Waals surface area contributed by atoms with E-state index >= 15 is 0 Å². The van der Waals surface area contributed by atoms with Crippen molar-refractivity contribution in [1.82, 2.24) is 30.7 Å². The highest BCUT2D eigenvalue weighted by atomic mass is 35.5. The van der Waals surface area contributed by atoms with Crippen LogP contribution >= 0.6 is 46.4 Å². The number of hydrogen-bond donors (Lipinski definition) is 3. The van der Waals surface area contributed by atoms with E-state index in [1.165, 1.54) is 11.1 Å². The van der Waals surface area contributed by atoms with E-state index in [-0.39, 0.29) is 24.4 Å². The van der Waals surface area contributed by atoms with Crippen molar-refractivity contribution in [3.05, 3.63) is 138 Å². The van der Waals surface area contributed by atoms with Gasteiger partial charge in [0, 0.05) is 76.0 Å². The molecular formula is C44H50Cl4N6O2. The van der Waals surface area contributed by atoms with Crippen LogP contribution in [0.4, 0.5) is 0 Å². The molecule has 6 atom stereocenters. The Hall–Kier alpha value is -3.18. The second kappa shape index (κ2) is 18.6. The fraction of sp³-hybridized carbons (Fsp3) is 0.409. The van der Waals surface area contributed by atoms with Crippen LogP contribution in [0.5, 0.6) is 0 Å². The number of piperazine rings is 2. The predicted molar refractivity (Wildman–Crippen MR) is 228 cm³/mol. The van der Waals surface area contributed by atoms with Crippen LogP contribution in [0.15, 0.2) is 84.9 Å². The van der Waals surface area contributed by atoms with Crippen molar-refractivity contribution < 1.29 is 9.59 Å². The van der Waals surface area contributed by atoms with Crippen molar-refractivity contribution in [3.63, 3.8) is 0 Å². The zero-order valence-corrected chi connectivity index (χ0v) is 34.9. The van der Waals surface area contributed by atoms with Gasteiger partial charge in [-0.3, -0.25) is 14.5 Å². The highest BCUT2D eigenvalue weighted by molar-refractivity contribution is 6.42. The molecule has 4 heterocycles. The van der Waals surface area contributed by atoms with Gasteiger partial charge in [0.05, 0.1) is 32.7 Å². The first-order chi connectivity index (χ1) is 27.0. The van der Waals surface area contributed by atoms with Gasteiger partial charge in [-0.2, -0.15) is 0 Å². The standard InChI is InChI=1S/C34H38Cl2N4O2.C10H12Cl2N2/c1-22-12-23(2)14-26(13-22)34(42)38-10-11-40(32(21-38)25-8-9-29(35)30(36)17-25)33(41)18-37-31-20-39-19-27(31)16-28(39)15-24-6-4-3-5-7-24;11-8-2-1-7(5-9(8)12)10-6-13-3-4-14-10/h3-9,12-14,17,27-28,31-32,37H,10-11,15-16,18-21H2,1-2H3;1-2,5,10,13-14H,3-4,6H2/t27?,28?,31?,32-;/m0./s1. The largest absolute Gasteiger partial charge is 0.334 e. The van der Waals surface area contributed by atoms with Crippen LogP contribution in [0.2, 0.25) is 20.1 Å². The normalized spacial score (nSPS) is 24.5. The van der Waals surface area contributed by atoms with Gasteiger partial charge in [0.15, 0.2) is 0 Å². The minimum atomic E-state index is -0.309. The number of nitrogens with zero attached hydrogens (tertiary/aromatic N) is 3. The SMILES string of the molecule is Cc1cc(C)cc(C(=O)N2CCN(C(=O)CNC3CN4CC3CC4Cc3ccccc3)[C@H](c3ccc(Cl)c(Cl)c3)C2)c1.Clc1ccc(C2CNCCN2)cc1Cl. The molecule has 0 aliphatic carbocycles. The average molecular weight is 837 g/mol. The number of rotatable bonds is 8. The van der Waals surface area contributed by atoms with Gasteiger partial charge in [0.25, 0.3) is 5.91 Å². The van der Waals surface area contributed by atoms with Gasteiger partial charge < -0.3 is 25.8 Å². The van der Waals surface area contributed by atoms with E-state index in [0.29, 0.717) is 69.3 Å².